The molecule has 3 aromatic heterocycles. The second-order valence-corrected chi connectivity index (χ2v) is 13.9. The Kier molecular flexibility index (Phi) is 9.47. The Hall–Kier alpha value is -3.81. The number of hydrogen-bond acceptors (Lipinski definition) is 9. The maximum Gasteiger partial charge on any atom is 0.355 e. The third kappa shape index (κ3) is 7.37. The lowest BCUT2D eigenvalue weighted by molar-refractivity contribution is 0.0430. The number of nitrogens with one attached hydrogen (secondary N) is 1. The van der Waals surface area contributed by atoms with Gasteiger partial charge in [0, 0.05) is 43.7 Å². The average molecular weight is 648 g/mol. The number of rotatable bonds is 13. The number of sulfonamides is 1. The highest BCUT2D eigenvalue weighted by Gasteiger charge is 2.25. The highest BCUT2D eigenvalue weighted by Crippen LogP contribution is 2.29. The molecule has 0 aliphatic carbocycles. The summed E-state index contributed by atoms with van der Waals surface area (Å²) < 4.78 is 41.8. The van der Waals surface area contributed by atoms with E-state index in [4.69, 9.17) is 20.2 Å². The molecule has 2 aromatic carbocycles. The van der Waals surface area contributed by atoms with Gasteiger partial charge in [0.1, 0.15) is 11.3 Å². The van der Waals surface area contributed by atoms with Crippen molar-refractivity contribution in [2.45, 2.75) is 25.3 Å². The van der Waals surface area contributed by atoms with E-state index in [0.717, 1.165) is 53.3 Å². The fraction of sp³-hybridized carbons (Fsp3) is 0.333. The third-order valence-electron chi connectivity index (χ3n) is 8.14. The highest BCUT2D eigenvalue weighted by molar-refractivity contribution is 7.91. The number of aromatic nitrogens is 2. The second kappa shape index (κ2) is 13.7. The molecule has 1 aliphatic rings. The Balaban J connectivity index is 1.31. The van der Waals surface area contributed by atoms with E-state index in [0.29, 0.717) is 35.9 Å². The molecule has 1 saturated heterocycles. The largest absolute Gasteiger partial charge is 0.461 e. The average Bonchev–Trinajstić information content (AvgIpc) is 3.79. The second-order valence-electron chi connectivity index (χ2n) is 11.4. The van der Waals surface area contributed by atoms with Gasteiger partial charge in [-0.2, -0.15) is 11.3 Å². The molecule has 3 N–H and O–H groups in total. The van der Waals surface area contributed by atoms with Crippen molar-refractivity contribution in [2.75, 3.05) is 44.7 Å². The molecule has 45 heavy (non-hydrogen) atoms. The van der Waals surface area contributed by atoms with Gasteiger partial charge in [0.25, 0.3) is 0 Å². The van der Waals surface area contributed by atoms with Crippen LogP contribution in [0.3, 0.4) is 0 Å². The molecule has 0 saturated carbocycles. The number of ether oxygens (including phenoxy) is 2. The number of fused-ring (bicyclic) bond motifs is 2. The first kappa shape index (κ1) is 31.2. The lowest BCUT2D eigenvalue weighted by Gasteiger charge is -2.17. The highest BCUT2D eigenvalue weighted by atomic mass is 32.2. The van der Waals surface area contributed by atoms with Crippen LogP contribution in [-0.2, 0) is 38.3 Å². The van der Waals surface area contributed by atoms with Gasteiger partial charge in [0.05, 0.1) is 31.2 Å². The first-order chi connectivity index (χ1) is 21.8. The van der Waals surface area contributed by atoms with Crippen molar-refractivity contribution in [3.63, 3.8) is 0 Å². The first-order valence-corrected chi connectivity index (χ1v) is 17.5. The molecule has 10 nitrogen and oxygen atoms in total. The summed E-state index contributed by atoms with van der Waals surface area (Å²) in [5.41, 5.74) is 9.64. The van der Waals surface area contributed by atoms with Gasteiger partial charge in [-0.05, 0) is 82.0 Å². The molecule has 1 aliphatic heterocycles. The van der Waals surface area contributed by atoms with Crippen LogP contribution < -0.4 is 10.5 Å². The molecule has 12 heteroatoms. The number of pyridine rings is 1. The molecule has 0 spiro atoms. The Labute approximate surface area is 266 Å². The summed E-state index contributed by atoms with van der Waals surface area (Å²) in [5, 5.41) is 6.30. The van der Waals surface area contributed by atoms with Crippen molar-refractivity contribution >= 4 is 54.8 Å². The fourth-order valence-electron chi connectivity index (χ4n) is 5.91. The molecule has 0 amide bonds. The summed E-state index contributed by atoms with van der Waals surface area (Å²) in [6.45, 7) is 4.21. The minimum absolute atomic E-state index is 0.117. The number of thiophene rings is 1. The van der Waals surface area contributed by atoms with E-state index in [1.165, 1.54) is 11.3 Å². The maximum atomic E-state index is 13.6. The van der Waals surface area contributed by atoms with Gasteiger partial charge >= 0.3 is 5.97 Å². The lowest BCUT2D eigenvalue weighted by Crippen LogP contribution is -2.26. The monoisotopic (exact) mass is 647 g/mol. The minimum atomic E-state index is -3.66. The smallest absolute Gasteiger partial charge is 0.355 e. The Morgan fingerprint density at radius 1 is 1.13 bits per heavy atom. The molecular formula is C33H37N5O5S2. The van der Waals surface area contributed by atoms with Crippen molar-refractivity contribution in [2.24, 2.45) is 11.7 Å². The van der Waals surface area contributed by atoms with Crippen molar-refractivity contribution in [3.8, 4) is 0 Å². The van der Waals surface area contributed by atoms with Crippen molar-refractivity contribution < 1.29 is 22.7 Å². The fourth-order valence-corrected chi connectivity index (χ4v) is 7.85. The molecule has 1 unspecified atom stereocenters. The first-order valence-electron chi connectivity index (χ1n) is 14.9. The van der Waals surface area contributed by atoms with Crippen molar-refractivity contribution in [1.82, 2.24) is 14.5 Å². The normalized spacial score (nSPS) is 15.6. The Bertz CT molecular complexity index is 1910. The van der Waals surface area contributed by atoms with Crippen LogP contribution in [-0.4, -0.2) is 68.8 Å². The van der Waals surface area contributed by atoms with Gasteiger partial charge < -0.3 is 24.7 Å². The Morgan fingerprint density at radius 3 is 2.80 bits per heavy atom. The number of carbonyl (C=O) groups excluding carboxylic acids is 1. The summed E-state index contributed by atoms with van der Waals surface area (Å²) in [4.78, 5) is 20.7. The van der Waals surface area contributed by atoms with E-state index >= 15 is 0 Å². The number of hydrogen-bond donors (Lipinski definition) is 2. The predicted molar refractivity (Wildman–Crippen MR) is 178 cm³/mol. The molecule has 0 radical (unpaired) electrons. The van der Waals surface area contributed by atoms with Crippen LogP contribution in [0.5, 0.6) is 0 Å². The number of likely N-dealkylation sites (tertiary alicyclic amines) is 1. The zero-order valence-corrected chi connectivity index (χ0v) is 26.8. The number of carbonyl (C=O) groups is 1. The van der Waals surface area contributed by atoms with Crippen LogP contribution in [0.2, 0.25) is 0 Å². The van der Waals surface area contributed by atoms with Gasteiger partial charge in [-0.3, -0.25) is 4.72 Å². The van der Waals surface area contributed by atoms with Crippen LogP contribution in [0.25, 0.3) is 21.8 Å². The van der Waals surface area contributed by atoms with E-state index in [1.54, 1.807) is 19.2 Å². The summed E-state index contributed by atoms with van der Waals surface area (Å²) >= 11 is 1.46. The summed E-state index contributed by atoms with van der Waals surface area (Å²) in [6.07, 6.45) is 0.961. The zero-order valence-electron chi connectivity index (χ0n) is 25.1. The molecule has 1 atom stereocenters. The molecule has 6 rings (SSSR count). The number of benzene rings is 2. The van der Waals surface area contributed by atoms with Gasteiger partial charge in [-0.25, -0.2) is 18.2 Å². The molecule has 4 heterocycles. The molecule has 5 aromatic rings. The van der Waals surface area contributed by atoms with E-state index in [2.05, 4.69) is 9.62 Å². The van der Waals surface area contributed by atoms with Crippen molar-refractivity contribution in [3.05, 3.63) is 93.9 Å². The van der Waals surface area contributed by atoms with Crippen LogP contribution >= 0.6 is 11.3 Å². The third-order valence-corrected chi connectivity index (χ3v) is 10.1. The molecular weight excluding hydrogens is 611 g/mol. The maximum absolute atomic E-state index is 13.6. The van der Waals surface area contributed by atoms with E-state index in [9.17, 15) is 13.2 Å². The number of nitrogens with zero attached hydrogens (tertiary/aromatic N) is 3. The minimum Gasteiger partial charge on any atom is -0.461 e. The topological polar surface area (TPSA) is 129 Å². The number of nitrogens with two attached hydrogens (primary N) is 1. The van der Waals surface area contributed by atoms with Gasteiger partial charge in [-0.1, -0.05) is 24.3 Å². The molecule has 236 valence electrons. The van der Waals surface area contributed by atoms with Crippen LogP contribution in [0.1, 0.15) is 33.7 Å². The predicted octanol–water partition coefficient (Wildman–Crippen LogP) is 4.83. The Morgan fingerprint density at radius 2 is 2.00 bits per heavy atom. The number of anilines is 1. The van der Waals surface area contributed by atoms with E-state index in [-0.39, 0.29) is 24.8 Å². The summed E-state index contributed by atoms with van der Waals surface area (Å²) in [5.74, 6) is -0.281. The standard InChI is InChI=1S/C33H37N5O5S2/c1-42-12-11-37-10-8-23(18-37)20-43-33(39)31-16-26-6-7-28(17-34)35-32(26)38(31)19-27-15-29(14-25-4-2-3-5-30(25)27)36-45(40,41)22-24-9-13-44-21-24/h2-7,9,13-16,21,23,36H,8,10-12,17-20,22,34H2,1H3. The molecule has 1 fully saturated rings. The van der Waals surface area contributed by atoms with E-state index in [1.807, 2.05) is 63.9 Å². The SMILES string of the molecule is COCCN1CCC(COC(=O)c2cc3ccc(CN)nc3n2Cc2cc(NS(=O)(=O)Cc3ccsc3)cc3ccccc23)C1. The van der Waals surface area contributed by atoms with Gasteiger partial charge in [-0.15, -0.1) is 0 Å². The number of esters is 1. The lowest BCUT2D eigenvalue weighted by atomic mass is 10.0. The zero-order chi connectivity index (χ0) is 31.4. The molecule has 0 bridgehead atoms. The van der Waals surface area contributed by atoms with Gasteiger partial charge in [0.2, 0.25) is 10.0 Å². The van der Waals surface area contributed by atoms with Crippen molar-refractivity contribution in [1.29, 1.82) is 0 Å². The quantitative estimate of drug-likeness (QED) is 0.174. The summed E-state index contributed by atoms with van der Waals surface area (Å²) in [6, 6.07) is 18.8. The van der Waals surface area contributed by atoms with Crippen LogP contribution in [0.15, 0.2) is 71.4 Å². The van der Waals surface area contributed by atoms with Gasteiger partial charge in [0.15, 0.2) is 0 Å². The number of methoxy groups -OCH3 is 1. The van der Waals surface area contributed by atoms with E-state index < -0.39 is 16.0 Å². The van der Waals surface area contributed by atoms with Crippen LogP contribution in [0, 0.1) is 5.92 Å². The van der Waals surface area contributed by atoms with Crippen LogP contribution in [0.4, 0.5) is 5.69 Å². The summed E-state index contributed by atoms with van der Waals surface area (Å²) in [7, 11) is -1.96.